The second-order valence-corrected chi connectivity index (χ2v) is 11.4. The van der Waals surface area contributed by atoms with E-state index in [0.717, 1.165) is 29.0 Å². The summed E-state index contributed by atoms with van der Waals surface area (Å²) in [5.41, 5.74) is 2.23. The summed E-state index contributed by atoms with van der Waals surface area (Å²) in [4.78, 5) is 17.6. The molecule has 0 unspecified atom stereocenters. The zero-order chi connectivity index (χ0) is 21.7. The van der Waals surface area contributed by atoms with Crippen molar-refractivity contribution in [2.45, 2.75) is 44.9 Å². The van der Waals surface area contributed by atoms with Crippen molar-refractivity contribution in [1.29, 1.82) is 0 Å². The predicted octanol–water partition coefficient (Wildman–Crippen LogP) is 6.38. The molecule has 3 aromatic rings. The van der Waals surface area contributed by atoms with Crippen LogP contribution in [-0.4, -0.2) is 16.0 Å². The van der Waals surface area contributed by atoms with Crippen molar-refractivity contribution in [2.24, 2.45) is 23.2 Å². The fourth-order valence-corrected chi connectivity index (χ4v) is 8.04. The largest absolute Gasteiger partial charge is 0.308 e. The van der Waals surface area contributed by atoms with E-state index in [0.29, 0.717) is 16.7 Å². The van der Waals surface area contributed by atoms with Crippen LogP contribution in [-0.2, 0) is 4.79 Å². The molecule has 4 aliphatic carbocycles. The van der Waals surface area contributed by atoms with Crippen molar-refractivity contribution < 1.29 is 4.79 Å². The number of hydrogen-bond acceptors (Lipinski definition) is 4. The molecular weight excluding hydrogens is 434 g/mol. The van der Waals surface area contributed by atoms with Crippen LogP contribution in [0.4, 0.5) is 5.13 Å². The second-order valence-electron chi connectivity index (χ2n) is 10.2. The number of fused-ring (bicyclic) bond motifs is 1. The van der Waals surface area contributed by atoms with Gasteiger partial charge in [-0.1, -0.05) is 42.5 Å². The Labute approximate surface area is 197 Å². The normalized spacial score (nSPS) is 28.1. The number of thiazole rings is 1. The van der Waals surface area contributed by atoms with Crippen molar-refractivity contribution in [1.82, 2.24) is 10.3 Å². The Bertz CT molecular complexity index is 1160. The van der Waals surface area contributed by atoms with Crippen LogP contribution >= 0.6 is 23.6 Å². The van der Waals surface area contributed by atoms with Gasteiger partial charge < -0.3 is 10.6 Å². The molecule has 0 spiro atoms. The number of anilines is 1. The molecule has 2 N–H and O–H groups in total. The Kier molecular flexibility index (Phi) is 5.03. The van der Waals surface area contributed by atoms with Crippen molar-refractivity contribution in [2.75, 3.05) is 5.32 Å². The Morgan fingerprint density at radius 1 is 1.03 bits per heavy atom. The summed E-state index contributed by atoms with van der Waals surface area (Å²) >= 11 is 6.95. The van der Waals surface area contributed by atoms with E-state index >= 15 is 0 Å². The Balaban J connectivity index is 1.10. The summed E-state index contributed by atoms with van der Waals surface area (Å²) < 4.78 is 0. The number of hydrogen-bond donors (Lipinski definition) is 2. The topological polar surface area (TPSA) is 54.0 Å². The molecule has 1 heterocycles. The molecule has 2 aromatic carbocycles. The van der Waals surface area contributed by atoms with Crippen LogP contribution < -0.4 is 10.6 Å². The van der Waals surface area contributed by atoms with Gasteiger partial charge in [0.15, 0.2) is 10.2 Å². The molecule has 1 amide bonds. The predicted molar refractivity (Wildman–Crippen MR) is 135 cm³/mol. The maximum absolute atomic E-state index is 12.8. The molecule has 4 saturated carbocycles. The van der Waals surface area contributed by atoms with Crippen molar-refractivity contribution in [3.8, 4) is 11.3 Å². The number of rotatable bonds is 4. The number of carbonyl (C=O) groups is 1. The number of aromatic nitrogens is 1. The highest BCUT2D eigenvalue weighted by Gasteiger charge is 2.51. The number of carbonyl (C=O) groups excluding carboxylic acids is 1. The Morgan fingerprint density at radius 2 is 1.72 bits per heavy atom. The Hall–Kier alpha value is -2.31. The second kappa shape index (κ2) is 7.92. The Morgan fingerprint density at radius 3 is 2.47 bits per heavy atom. The highest BCUT2D eigenvalue weighted by Crippen LogP contribution is 2.61. The van der Waals surface area contributed by atoms with Crippen LogP contribution in [0, 0.1) is 23.2 Å². The number of nitrogens with one attached hydrogen (secondary N) is 2. The summed E-state index contributed by atoms with van der Waals surface area (Å²) in [6.45, 7) is 0. The van der Waals surface area contributed by atoms with Crippen LogP contribution in [0.2, 0.25) is 0 Å². The average molecular weight is 462 g/mol. The summed E-state index contributed by atoms with van der Waals surface area (Å²) in [7, 11) is 0. The van der Waals surface area contributed by atoms with E-state index in [2.05, 4.69) is 41.0 Å². The first kappa shape index (κ1) is 20.3. The van der Waals surface area contributed by atoms with E-state index in [1.807, 2.05) is 17.5 Å². The third kappa shape index (κ3) is 3.84. The molecule has 4 aliphatic rings. The summed E-state index contributed by atoms with van der Waals surface area (Å²) in [6.07, 6.45) is 8.48. The van der Waals surface area contributed by atoms with Crippen molar-refractivity contribution in [3.05, 3.63) is 47.8 Å². The molecule has 1 aromatic heterocycles. The van der Waals surface area contributed by atoms with E-state index in [1.165, 1.54) is 60.6 Å². The molecule has 7 rings (SSSR count). The maximum atomic E-state index is 12.8. The van der Waals surface area contributed by atoms with Gasteiger partial charge in [-0.15, -0.1) is 11.3 Å². The molecule has 0 radical (unpaired) electrons. The van der Waals surface area contributed by atoms with Crippen LogP contribution in [0.1, 0.15) is 44.9 Å². The number of nitrogens with zero attached hydrogens (tertiary/aromatic N) is 1. The van der Waals surface area contributed by atoms with Gasteiger partial charge in [-0.05, 0) is 84.7 Å². The third-order valence-electron chi connectivity index (χ3n) is 7.74. The lowest BCUT2D eigenvalue weighted by Crippen LogP contribution is -2.48. The lowest BCUT2D eigenvalue weighted by Gasteiger charge is -2.56. The van der Waals surface area contributed by atoms with Gasteiger partial charge in [0.2, 0.25) is 5.91 Å². The quantitative estimate of drug-likeness (QED) is 0.443. The van der Waals surface area contributed by atoms with Gasteiger partial charge in [-0.3, -0.25) is 4.79 Å². The molecular formula is C26H27N3OS2. The first-order valence-electron chi connectivity index (χ1n) is 11.6. The molecule has 4 bridgehead atoms. The molecule has 164 valence electrons. The smallest absolute Gasteiger partial charge is 0.226 e. The fraction of sp³-hybridized carbons (Fsp3) is 0.423. The highest BCUT2D eigenvalue weighted by atomic mass is 32.1. The van der Waals surface area contributed by atoms with E-state index in [4.69, 9.17) is 17.2 Å². The molecule has 0 aliphatic heterocycles. The minimum absolute atomic E-state index is 0.0512. The minimum Gasteiger partial charge on any atom is -0.308 e. The third-order valence-corrected chi connectivity index (χ3v) is 8.71. The first-order chi connectivity index (χ1) is 15.6. The van der Waals surface area contributed by atoms with E-state index in [1.54, 1.807) is 0 Å². The minimum atomic E-state index is 0.0512. The van der Waals surface area contributed by atoms with Crippen LogP contribution in [0.15, 0.2) is 47.8 Å². The lowest BCUT2D eigenvalue weighted by atomic mass is 9.49. The summed E-state index contributed by atoms with van der Waals surface area (Å²) in [5.74, 6) is 2.60. The van der Waals surface area contributed by atoms with Crippen LogP contribution in [0.5, 0.6) is 0 Å². The standard InChI is InChI=1S/C26H27N3OS2/c30-23(14-26-11-16-8-17(12-26)10-18(9-16)13-26)28-24(31)29-25-27-22(15-32-25)21-7-3-5-19-4-1-2-6-20(19)21/h1-7,15-18H,8-14H2,(H2,27,28,29,30,31). The van der Waals surface area contributed by atoms with Crippen molar-refractivity contribution in [3.63, 3.8) is 0 Å². The zero-order valence-corrected chi connectivity index (χ0v) is 19.6. The van der Waals surface area contributed by atoms with Crippen molar-refractivity contribution >= 4 is 50.5 Å². The van der Waals surface area contributed by atoms with Gasteiger partial charge in [0.1, 0.15) is 0 Å². The summed E-state index contributed by atoms with van der Waals surface area (Å²) in [5, 5.41) is 11.5. The molecule has 4 fully saturated rings. The lowest BCUT2D eigenvalue weighted by molar-refractivity contribution is -0.127. The van der Waals surface area contributed by atoms with Gasteiger partial charge in [0.25, 0.3) is 0 Å². The fourth-order valence-electron chi connectivity index (χ4n) is 7.05. The van der Waals surface area contributed by atoms with Crippen LogP contribution in [0.25, 0.3) is 22.0 Å². The van der Waals surface area contributed by atoms with Gasteiger partial charge in [-0.25, -0.2) is 4.98 Å². The molecule has 0 saturated heterocycles. The number of thiocarbonyl (C=S) groups is 1. The van der Waals surface area contributed by atoms with E-state index < -0.39 is 0 Å². The van der Waals surface area contributed by atoms with Gasteiger partial charge >= 0.3 is 0 Å². The molecule has 6 heteroatoms. The summed E-state index contributed by atoms with van der Waals surface area (Å²) in [6, 6.07) is 14.6. The van der Waals surface area contributed by atoms with Gasteiger partial charge in [0, 0.05) is 17.4 Å². The number of amides is 1. The SMILES string of the molecule is O=C(CC12CC3CC(CC(C3)C1)C2)NC(=S)Nc1nc(-c2cccc3ccccc23)cs1. The van der Waals surface area contributed by atoms with E-state index in [9.17, 15) is 4.79 Å². The maximum Gasteiger partial charge on any atom is 0.226 e. The number of benzene rings is 2. The monoisotopic (exact) mass is 461 g/mol. The first-order valence-corrected chi connectivity index (χ1v) is 12.9. The highest BCUT2D eigenvalue weighted by molar-refractivity contribution is 7.80. The molecule has 4 nitrogen and oxygen atoms in total. The van der Waals surface area contributed by atoms with E-state index in [-0.39, 0.29) is 11.3 Å². The molecule has 0 atom stereocenters. The zero-order valence-electron chi connectivity index (χ0n) is 18.0. The molecule has 32 heavy (non-hydrogen) atoms. The van der Waals surface area contributed by atoms with Gasteiger partial charge in [-0.2, -0.15) is 0 Å². The van der Waals surface area contributed by atoms with Gasteiger partial charge in [0.05, 0.1) is 5.69 Å². The van der Waals surface area contributed by atoms with Crippen LogP contribution in [0.3, 0.4) is 0 Å². The average Bonchev–Trinajstić information content (AvgIpc) is 3.19.